The van der Waals surface area contributed by atoms with Gasteiger partial charge in [0.15, 0.2) is 0 Å². The number of rotatable bonds is 6. The highest BCUT2D eigenvalue weighted by molar-refractivity contribution is 5.47. The smallest absolute Gasteiger partial charge is 0.232 e. The summed E-state index contributed by atoms with van der Waals surface area (Å²) in [6, 6.07) is 20.2. The van der Waals surface area contributed by atoms with Crippen molar-refractivity contribution in [3.8, 4) is 11.8 Å². The molecule has 1 aliphatic rings. The molecule has 130 valence electrons. The number of hydrogen-bond acceptors (Lipinski definition) is 5. The van der Waals surface area contributed by atoms with Crippen LogP contribution >= 0.6 is 0 Å². The molecule has 0 bridgehead atoms. The van der Waals surface area contributed by atoms with Crippen molar-refractivity contribution in [1.82, 2.24) is 4.98 Å². The van der Waals surface area contributed by atoms with Gasteiger partial charge in [0.05, 0.1) is 7.11 Å². The van der Waals surface area contributed by atoms with Gasteiger partial charge in [0, 0.05) is 12.5 Å². The van der Waals surface area contributed by atoms with E-state index in [2.05, 4.69) is 28.5 Å². The lowest BCUT2D eigenvalue weighted by Gasteiger charge is -2.03. The highest BCUT2D eigenvalue weighted by Crippen LogP contribution is 2.54. The molecule has 0 aliphatic heterocycles. The molecule has 5 heteroatoms. The zero-order valence-electron chi connectivity index (χ0n) is 14.5. The van der Waals surface area contributed by atoms with Crippen LogP contribution in [0.15, 0.2) is 59.0 Å². The number of methoxy groups -OCH3 is 1. The van der Waals surface area contributed by atoms with E-state index in [9.17, 15) is 5.26 Å². The van der Waals surface area contributed by atoms with Crippen molar-refractivity contribution in [1.29, 1.82) is 5.26 Å². The monoisotopic (exact) mass is 345 g/mol. The van der Waals surface area contributed by atoms with E-state index < -0.39 is 0 Å². The van der Waals surface area contributed by atoms with Crippen molar-refractivity contribution in [2.75, 3.05) is 12.4 Å². The van der Waals surface area contributed by atoms with Crippen molar-refractivity contribution < 1.29 is 9.15 Å². The summed E-state index contributed by atoms with van der Waals surface area (Å²) < 4.78 is 11.1. The highest BCUT2D eigenvalue weighted by atomic mass is 16.5. The molecular formula is C21H19N3O2. The highest BCUT2D eigenvalue weighted by Gasteiger charge is 2.43. The Morgan fingerprint density at radius 1 is 1.15 bits per heavy atom. The van der Waals surface area contributed by atoms with Crippen molar-refractivity contribution in [3.05, 3.63) is 77.3 Å². The van der Waals surface area contributed by atoms with Crippen LogP contribution in [-0.2, 0) is 6.54 Å². The first-order valence-corrected chi connectivity index (χ1v) is 8.61. The summed E-state index contributed by atoms with van der Waals surface area (Å²) in [6.07, 6.45) is 0.982. The minimum Gasteiger partial charge on any atom is -0.497 e. The zero-order chi connectivity index (χ0) is 17.9. The summed E-state index contributed by atoms with van der Waals surface area (Å²) >= 11 is 0. The normalized spacial score (nSPS) is 18.2. The van der Waals surface area contributed by atoms with E-state index in [0.717, 1.165) is 17.7 Å². The number of ether oxygens (including phenoxy) is 1. The van der Waals surface area contributed by atoms with E-state index in [1.165, 1.54) is 5.56 Å². The Hall–Kier alpha value is -3.26. The van der Waals surface area contributed by atoms with Gasteiger partial charge < -0.3 is 14.5 Å². The second kappa shape index (κ2) is 6.93. The first kappa shape index (κ1) is 16.2. The van der Waals surface area contributed by atoms with Crippen LogP contribution in [0.1, 0.15) is 41.0 Å². The summed E-state index contributed by atoms with van der Waals surface area (Å²) in [5, 5.41) is 12.5. The molecular weight excluding hydrogens is 326 g/mol. The largest absolute Gasteiger partial charge is 0.497 e. The second-order valence-electron chi connectivity index (χ2n) is 6.40. The molecule has 26 heavy (non-hydrogen) atoms. The summed E-state index contributed by atoms with van der Waals surface area (Å²) in [5.74, 6) is 2.54. The lowest BCUT2D eigenvalue weighted by Crippen LogP contribution is -1.99. The predicted octanol–water partition coefficient (Wildman–Crippen LogP) is 4.44. The number of nitrogens with zero attached hydrogens (tertiary/aromatic N) is 2. The average molecular weight is 345 g/mol. The Morgan fingerprint density at radius 3 is 2.62 bits per heavy atom. The fourth-order valence-corrected chi connectivity index (χ4v) is 3.16. The van der Waals surface area contributed by atoms with Gasteiger partial charge in [0.25, 0.3) is 0 Å². The second-order valence-corrected chi connectivity index (χ2v) is 6.40. The van der Waals surface area contributed by atoms with Gasteiger partial charge in [-0.3, -0.25) is 0 Å². The number of hydrogen-bond donors (Lipinski definition) is 1. The number of nitriles is 1. The van der Waals surface area contributed by atoms with E-state index in [0.29, 0.717) is 29.9 Å². The Balaban J connectivity index is 1.46. The predicted molar refractivity (Wildman–Crippen MR) is 98.1 cm³/mol. The molecule has 0 saturated heterocycles. The Bertz CT molecular complexity index is 926. The number of anilines is 1. The van der Waals surface area contributed by atoms with Gasteiger partial charge in [-0.1, -0.05) is 42.5 Å². The molecule has 0 spiro atoms. The molecule has 1 aliphatic carbocycles. The quantitative estimate of drug-likeness (QED) is 0.715. The molecule has 2 atom stereocenters. The third-order valence-corrected chi connectivity index (χ3v) is 4.70. The lowest BCUT2D eigenvalue weighted by atomic mass is 10.1. The number of oxazole rings is 1. The van der Waals surface area contributed by atoms with Crippen LogP contribution in [0.4, 0.5) is 5.88 Å². The third kappa shape index (κ3) is 3.27. The molecule has 0 radical (unpaired) electrons. The van der Waals surface area contributed by atoms with Crippen molar-refractivity contribution in [3.63, 3.8) is 0 Å². The van der Waals surface area contributed by atoms with Gasteiger partial charge in [-0.05, 0) is 35.6 Å². The summed E-state index contributed by atoms with van der Waals surface area (Å²) in [7, 11) is 1.66. The summed E-state index contributed by atoms with van der Waals surface area (Å²) in [4.78, 5) is 4.40. The standard InChI is InChI=1S/C21H19N3O2/c1-25-16-9-7-15(8-10-16)17-11-18(17)20-24-19(12-22)21(26-20)23-13-14-5-3-2-4-6-14/h2-10,17-18,23H,11,13H2,1H3. The molecule has 5 nitrogen and oxygen atoms in total. The first-order chi connectivity index (χ1) is 12.8. The van der Waals surface area contributed by atoms with Crippen LogP contribution in [0.5, 0.6) is 5.75 Å². The Labute approximate surface area is 152 Å². The number of nitrogens with one attached hydrogen (secondary N) is 1. The van der Waals surface area contributed by atoms with E-state index >= 15 is 0 Å². The molecule has 1 heterocycles. The van der Waals surface area contributed by atoms with Crippen LogP contribution in [0.3, 0.4) is 0 Å². The molecule has 1 saturated carbocycles. The van der Waals surface area contributed by atoms with Gasteiger partial charge in [-0.25, -0.2) is 4.98 Å². The van der Waals surface area contributed by atoms with E-state index in [-0.39, 0.29) is 5.92 Å². The van der Waals surface area contributed by atoms with Crippen LogP contribution in [0, 0.1) is 11.3 Å². The Kier molecular flexibility index (Phi) is 4.32. The van der Waals surface area contributed by atoms with Crippen LogP contribution in [-0.4, -0.2) is 12.1 Å². The van der Waals surface area contributed by atoms with Crippen LogP contribution in [0.2, 0.25) is 0 Å². The minimum absolute atomic E-state index is 0.225. The van der Waals surface area contributed by atoms with Gasteiger partial charge in [0.2, 0.25) is 17.5 Å². The molecule has 0 amide bonds. The molecule has 2 aromatic carbocycles. The van der Waals surface area contributed by atoms with Crippen molar-refractivity contribution >= 4 is 5.88 Å². The molecule has 1 fully saturated rings. The fraction of sp³-hybridized carbons (Fsp3) is 0.238. The fourth-order valence-electron chi connectivity index (χ4n) is 3.16. The third-order valence-electron chi connectivity index (χ3n) is 4.70. The van der Waals surface area contributed by atoms with E-state index in [4.69, 9.17) is 9.15 Å². The zero-order valence-corrected chi connectivity index (χ0v) is 14.5. The molecule has 2 unspecified atom stereocenters. The maximum Gasteiger partial charge on any atom is 0.232 e. The lowest BCUT2D eigenvalue weighted by molar-refractivity contribution is 0.414. The molecule has 1 aromatic heterocycles. The van der Waals surface area contributed by atoms with Crippen molar-refractivity contribution in [2.45, 2.75) is 24.8 Å². The summed E-state index contributed by atoms with van der Waals surface area (Å²) in [5.41, 5.74) is 2.68. The van der Waals surface area contributed by atoms with Crippen molar-refractivity contribution in [2.24, 2.45) is 0 Å². The van der Waals surface area contributed by atoms with Crippen LogP contribution < -0.4 is 10.1 Å². The van der Waals surface area contributed by atoms with Gasteiger partial charge >= 0.3 is 0 Å². The Morgan fingerprint density at radius 2 is 1.92 bits per heavy atom. The van der Waals surface area contributed by atoms with Gasteiger partial charge in [-0.2, -0.15) is 5.26 Å². The summed E-state index contributed by atoms with van der Waals surface area (Å²) in [6.45, 7) is 0.594. The minimum atomic E-state index is 0.225. The van der Waals surface area contributed by atoms with Crippen LogP contribution in [0.25, 0.3) is 0 Å². The van der Waals surface area contributed by atoms with Gasteiger partial charge in [0.1, 0.15) is 11.8 Å². The average Bonchev–Trinajstić information content (AvgIpc) is 3.40. The van der Waals surface area contributed by atoms with E-state index in [1.807, 2.05) is 42.5 Å². The topological polar surface area (TPSA) is 71.1 Å². The van der Waals surface area contributed by atoms with E-state index in [1.54, 1.807) is 7.11 Å². The SMILES string of the molecule is COc1ccc(C2CC2c2nc(C#N)c(NCc3ccccc3)o2)cc1. The molecule has 1 N–H and O–H groups in total. The molecule has 3 aromatic rings. The molecule has 4 rings (SSSR count). The number of aromatic nitrogens is 1. The first-order valence-electron chi connectivity index (χ1n) is 8.61. The maximum absolute atomic E-state index is 9.35. The maximum atomic E-state index is 9.35. The van der Waals surface area contributed by atoms with Gasteiger partial charge in [-0.15, -0.1) is 0 Å². The number of benzene rings is 2.